The molecule has 4 heterocycles. The number of imide groups is 1. The van der Waals surface area contributed by atoms with Crippen LogP contribution in [0.25, 0.3) is 0 Å². The fraction of sp³-hybridized carbons (Fsp3) is 0.400. The third-order valence-electron chi connectivity index (χ3n) is 8.25. The molecule has 3 amide bonds. The fourth-order valence-corrected chi connectivity index (χ4v) is 8.89. The predicted molar refractivity (Wildman–Crippen MR) is 157 cm³/mol. The van der Waals surface area contributed by atoms with Crippen LogP contribution < -0.4 is 19.2 Å². The highest BCUT2D eigenvalue weighted by atomic mass is 32.2. The molecular formula is C30H28F3N3O6S2. The highest BCUT2D eigenvalue weighted by molar-refractivity contribution is 8.00. The molecule has 1 aromatic heterocycles. The van der Waals surface area contributed by atoms with Crippen LogP contribution in [0.4, 0.5) is 18.9 Å². The van der Waals surface area contributed by atoms with Crippen LogP contribution in [0.5, 0.6) is 11.5 Å². The second kappa shape index (κ2) is 11.6. The Labute approximate surface area is 258 Å². The van der Waals surface area contributed by atoms with E-state index in [1.165, 1.54) is 24.9 Å². The number of amides is 3. The maximum Gasteiger partial charge on any atom is 0.416 e. The van der Waals surface area contributed by atoms with Crippen molar-refractivity contribution in [3.05, 3.63) is 68.1 Å². The van der Waals surface area contributed by atoms with Crippen LogP contribution in [0.1, 0.15) is 41.2 Å². The molecule has 2 aromatic carbocycles. The van der Waals surface area contributed by atoms with Gasteiger partial charge in [-0.15, -0.1) is 0 Å². The highest BCUT2D eigenvalue weighted by Crippen LogP contribution is 2.54. The van der Waals surface area contributed by atoms with Crippen molar-refractivity contribution in [1.82, 2.24) is 9.47 Å². The van der Waals surface area contributed by atoms with Gasteiger partial charge >= 0.3 is 11.0 Å². The number of thiazole rings is 1. The lowest BCUT2D eigenvalue weighted by Crippen LogP contribution is -2.39. The summed E-state index contributed by atoms with van der Waals surface area (Å²) in [6, 6.07) is 9.13. The topological polar surface area (TPSA) is 98.1 Å². The second-order valence-electron chi connectivity index (χ2n) is 10.8. The minimum absolute atomic E-state index is 0.183. The third kappa shape index (κ3) is 5.17. The summed E-state index contributed by atoms with van der Waals surface area (Å²) in [5.41, 5.74) is -0.613. The number of carbonyl (C=O) groups is 3. The molecule has 9 nitrogen and oxygen atoms in total. The third-order valence-corrected chi connectivity index (χ3v) is 10.9. The first-order valence-corrected chi connectivity index (χ1v) is 15.7. The van der Waals surface area contributed by atoms with Crippen molar-refractivity contribution in [3.8, 4) is 11.5 Å². The normalized spacial score (nSPS) is 21.7. The zero-order valence-electron chi connectivity index (χ0n) is 23.8. The van der Waals surface area contributed by atoms with E-state index in [4.69, 9.17) is 9.47 Å². The van der Waals surface area contributed by atoms with Crippen molar-refractivity contribution in [2.75, 3.05) is 32.2 Å². The number of methoxy groups -OCH3 is 2. The molecule has 0 bridgehead atoms. The number of anilines is 1. The summed E-state index contributed by atoms with van der Waals surface area (Å²) < 4.78 is 52.8. The average molecular weight is 648 g/mol. The minimum atomic E-state index is -4.67. The van der Waals surface area contributed by atoms with Gasteiger partial charge in [0.2, 0.25) is 17.7 Å². The fourth-order valence-electron chi connectivity index (χ4n) is 6.12. The molecule has 0 radical (unpaired) electrons. The Kier molecular flexibility index (Phi) is 7.99. The summed E-state index contributed by atoms with van der Waals surface area (Å²) >= 11 is 1.91. The molecule has 3 aliphatic heterocycles. The summed E-state index contributed by atoms with van der Waals surface area (Å²) in [5, 5.41) is -0.647. The van der Waals surface area contributed by atoms with Crippen LogP contribution >= 0.6 is 23.1 Å². The number of likely N-dealkylation sites (tertiary alicyclic amines) is 1. The van der Waals surface area contributed by atoms with E-state index in [2.05, 4.69) is 0 Å². The lowest BCUT2D eigenvalue weighted by molar-refractivity contribution is -0.137. The number of rotatable bonds is 6. The molecule has 0 saturated carbocycles. The number of hydrogen-bond donors (Lipinski definition) is 0. The van der Waals surface area contributed by atoms with E-state index in [9.17, 15) is 32.3 Å². The molecule has 0 spiro atoms. The van der Waals surface area contributed by atoms with Gasteiger partial charge in [-0.05, 0) is 55.2 Å². The lowest BCUT2D eigenvalue weighted by atomic mass is 9.83. The maximum atomic E-state index is 14.1. The van der Waals surface area contributed by atoms with E-state index < -0.39 is 45.5 Å². The van der Waals surface area contributed by atoms with Crippen LogP contribution in [0, 0.1) is 5.92 Å². The number of nitrogens with zero attached hydrogens (tertiary/aromatic N) is 3. The molecule has 14 heteroatoms. The first-order chi connectivity index (χ1) is 21.0. The van der Waals surface area contributed by atoms with Gasteiger partial charge in [-0.2, -0.15) is 13.2 Å². The first kappa shape index (κ1) is 30.3. The van der Waals surface area contributed by atoms with Gasteiger partial charge in [0.15, 0.2) is 11.5 Å². The van der Waals surface area contributed by atoms with Crippen LogP contribution in [0.2, 0.25) is 0 Å². The van der Waals surface area contributed by atoms with Crippen molar-refractivity contribution in [2.24, 2.45) is 5.92 Å². The second-order valence-corrected chi connectivity index (χ2v) is 12.9. The maximum absolute atomic E-state index is 14.1. The lowest BCUT2D eigenvalue weighted by Gasteiger charge is -2.31. The molecule has 232 valence electrons. The monoisotopic (exact) mass is 647 g/mol. The molecule has 44 heavy (non-hydrogen) atoms. The van der Waals surface area contributed by atoms with Gasteiger partial charge in [0, 0.05) is 23.9 Å². The van der Waals surface area contributed by atoms with Crippen LogP contribution in [0.3, 0.4) is 0 Å². The van der Waals surface area contributed by atoms with Crippen molar-refractivity contribution >= 4 is 46.5 Å². The number of carbonyl (C=O) groups excluding carboxylic acids is 3. The van der Waals surface area contributed by atoms with E-state index in [-0.39, 0.29) is 18.1 Å². The van der Waals surface area contributed by atoms with Gasteiger partial charge in [-0.25, -0.2) is 4.90 Å². The molecular weight excluding hydrogens is 619 g/mol. The Morgan fingerprint density at radius 2 is 1.68 bits per heavy atom. The Morgan fingerprint density at radius 1 is 0.955 bits per heavy atom. The zero-order chi connectivity index (χ0) is 31.3. The quantitative estimate of drug-likeness (QED) is 0.356. The van der Waals surface area contributed by atoms with Crippen molar-refractivity contribution in [3.63, 3.8) is 0 Å². The first-order valence-electron chi connectivity index (χ1n) is 14.0. The van der Waals surface area contributed by atoms with Crippen molar-refractivity contribution in [1.29, 1.82) is 0 Å². The molecule has 2 saturated heterocycles. The van der Waals surface area contributed by atoms with Gasteiger partial charge in [-0.3, -0.25) is 23.7 Å². The number of hydrogen-bond acceptors (Lipinski definition) is 8. The van der Waals surface area contributed by atoms with E-state index in [0.29, 0.717) is 40.1 Å². The van der Waals surface area contributed by atoms with Gasteiger partial charge in [0.1, 0.15) is 11.8 Å². The Hall–Kier alpha value is -3.78. The number of alkyl halides is 3. The SMILES string of the molecule is COc1ccc([C@@H]2c3sc(=O)n(CC(=O)N4CCCCC4)c3S[C@H]3C(=O)N(c4cccc(C(F)(F)F)c4)C(=O)[C@@H]23)cc1OC. The molecule has 6 rings (SSSR count). The van der Waals surface area contributed by atoms with Gasteiger partial charge in [0.25, 0.3) is 0 Å². The summed E-state index contributed by atoms with van der Waals surface area (Å²) in [6.45, 7) is 0.989. The Balaban J connectivity index is 1.46. The summed E-state index contributed by atoms with van der Waals surface area (Å²) in [7, 11) is 2.92. The molecule has 3 aliphatic rings. The van der Waals surface area contributed by atoms with Crippen LogP contribution in [-0.4, -0.2) is 59.7 Å². The number of fused-ring (bicyclic) bond motifs is 2. The Bertz CT molecular complexity index is 1700. The zero-order valence-corrected chi connectivity index (χ0v) is 25.4. The van der Waals surface area contributed by atoms with Crippen LogP contribution in [0.15, 0.2) is 52.3 Å². The number of benzene rings is 2. The van der Waals surface area contributed by atoms with Gasteiger partial charge < -0.3 is 14.4 Å². The van der Waals surface area contributed by atoms with E-state index in [1.807, 2.05) is 0 Å². The number of aromatic nitrogens is 1. The van der Waals surface area contributed by atoms with Crippen molar-refractivity contribution < 1.29 is 37.0 Å². The molecule has 0 N–H and O–H groups in total. The van der Waals surface area contributed by atoms with E-state index in [0.717, 1.165) is 65.5 Å². The standard InChI is InChI=1S/C30H28F3N3O6S2/c1-41-19-10-9-16(13-20(19)42-2)22-23-24(27(39)36(26(23)38)18-8-6-7-17(14-18)30(31,32)33)43-28-25(22)44-29(40)35(28)15-21(37)34-11-4-3-5-12-34/h6-10,13-14,22-24H,3-5,11-12,15H2,1-2H3/t22-,23-,24+/m0/s1. The summed E-state index contributed by atoms with van der Waals surface area (Å²) in [6.07, 6.45) is -1.89. The number of halogens is 3. The van der Waals surface area contributed by atoms with Gasteiger partial charge in [0.05, 0.1) is 36.4 Å². The smallest absolute Gasteiger partial charge is 0.416 e. The molecule has 0 unspecified atom stereocenters. The predicted octanol–water partition coefficient (Wildman–Crippen LogP) is 4.75. The van der Waals surface area contributed by atoms with E-state index >= 15 is 0 Å². The largest absolute Gasteiger partial charge is 0.493 e. The number of piperidine rings is 1. The summed E-state index contributed by atoms with van der Waals surface area (Å²) in [4.78, 5) is 57.2. The highest BCUT2D eigenvalue weighted by Gasteiger charge is 2.57. The van der Waals surface area contributed by atoms with Crippen LogP contribution in [-0.2, 0) is 27.1 Å². The summed E-state index contributed by atoms with van der Waals surface area (Å²) in [5.74, 6) is -2.63. The Morgan fingerprint density at radius 3 is 2.36 bits per heavy atom. The number of ether oxygens (including phenoxy) is 2. The molecule has 2 fully saturated rings. The average Bonchev–Trinajstić information content (AvgIpc) is 3.46. The van der Waals surface area contributed by atoms with Crippen molar-refractivity contribution in [2.45, 2.75) is 48.2 Å². The molecule has 0 aliphatic carbocycles. The molecule has 3 aromatic rings. The number of thioether (sulfide) groups is 1. The molecule has 3 atom stereocenters. The van der Waals surface area contributed by atoms with E-state index in [1.54, 1.807) is 23.1 Å². The van der Waals surface area contributed by atoms with Gasteiger partial charge in [-0.1, -0.05) is 35.2 Å². The minimum Gasteiger partial charge on any atom is -0.493 e.